The molecule has 3 aromatic carbocycles. The average Bonchev–Trinajstić information content (AvgIpc) is 2.78. The first kappa shape index (κ1) is 23.1. The number of aryl methyl sites for hydroxylation is 2. The summed E-state index contributed by atoms with van der Waals surface area (Å²) in [5, 5.41) is 2.77. The molecule has 168 valence electrons. The van der Waals surface area contributed by atoms with Gasteiger partial charge in [0.2, 0.25) is 0 Å². The Hall–Kier alpha value is -3.52. The topological polar surface area (TPSA) is 93.7 Å². The van der Waals surface area contributed by atoms with Gasteiger partial charge in [-0.05, 0) is 67.9 Å². The summed E-state index contributed by atoms with van der Waals surface area (Å²) in [7, 11) is -2.33. The number of carbonyl (C=O) groups excluding carboxylic acids is 1. The molecule has 8 heteroatoms. The summed E-state index contributed by atoms with van der Waals surface area (Å²) in [6, 6.07) is 18.6. The van der Waals surface area contributed by atoms with E-state index in [1.54, 1.807) is 37.3 Å². The zero-order valence-electron chi connectivity index (χ0n) is 18.2. The van der Waals surface area contributed by atoms with E-state index in [2.05, 4.69) is 10.0 Å². The van der Waals surface area contributed by atoms with Crippen LogP contribution in [-0.2, 0) is 10.0 Å². The molecule has 0 aliphatic rings. The van der Waals surface area contributed by atoms with Crippen molar-refractivity contribution < 1.29 is 22.7 Å². The van der Waals surface area contributed by atoms with Gasteiger partial charge >= 0.3 is 0 Å². The van der Waals surface area contributed by atoms with E-state index in [4.69, 9.17) is 9.47 Å². The Morgan fingerprint density at radius 3 is 2.22 bits per heavy atom. The van der Waals surface area contributed by atoms with Crippen molar-refractivity contribution in [1.82, 2.24) is 5.32 Å². The second kappa shape index (κ2) is 10.2. The molecule has 0 fully saturated rings. The van der Waals surface area contributed by atoms with Gasteiger partial charge in [0.1, 0.15) is 18.1 Å². The van der Waals surface area contributed by atoms with Gasteiger partial charge in [0.25, 0.3) is 15.9 Å². The lowest BCUT2D eigenvalue weighted by atomic mass is 10.1. The normalized spacial score (nSPS) is 11.0. The summed E-state index contributed by atoms with van der Waals surface area (Å²) in [5.74, 6) is 0.976. The number of amides is 1. The molecule has 0 spiro atoms. The van der Waals surface area contributed by atoms with E-state index in [9.17, 15) is 13.2 Å². The molecule has 3 aromatic rings. The summed E-state index contributed by atoms with van der Waals surface area (Å²) in [4.78, 5) is 12.6. The van der Waals surface area contributed by atoms with E-state index in [1.165, 1.54) is 19.2 Å². The molecule has 32 heavy (non-hydrogen) atoms. The first-order valence-electron chi connectivity index (χ1n) is 10.0. The molecule has 0 saturated heterocycles. The van der Waals surface area contributed by atoms with Gasteiger partial charge in [0.15, 0.2) is 0 Å². The number of ether oxygens (including phenoxy) is 2. The standard InChI is InChI=1S/C24H26N2O5S/c1-17-4-9-21(10-5-17)31-15-14-25-24(27)23-16-22(13-6-18(23)2)32(28,29)26-19-7-11-20(30-3)12-8-19/h4-13,16,26H,14-15H2,1-3H3,(H,25,27). The minimum Gasteiger partial charge on any atom is -0.497 e. The van der Waals surface area contributed by atoms with E-state index in [1.807, 2.05) is 31.2 Å². The summed E-state index contributed by atoms with van der Waals surface area (Å²) < 4.78 is 38.8. The van der Waals surface area contributed by atoms with Crippen molar-refractivity contribution in [3.05, 3.63) is 83.4 Å². The van der Waals surface area contributed by atoms with Crippen molar-refractivity contribution in [3.8, 4) is 11.5 Å². The van der Waals surface area contributed by atoms with Gasteiger partial charge in [-0.2, -0.15) is 0 Å². The number of carbonyl (C=O) groups is 1. The Kier molecular flexibility index (Phi) is 7.37. The minimum absolute atomic E-state index is 0.0000246. The Morgan fingerprint density at radius 1 is 0.906 bits per heavy atom. The maximum Gasteiger partial charge on any atom is 0.261 e. The second-order valence-electron chi connectivity index (χ2n) is 7.23. The highest BCUT2D eigenvalue weighted by molar-refractivity contribution is 7.92. The maximum atomic E-state index is 12.8. The molecule has 1 amide bonds. The summed E-state index contributed by atoms with van der Waals surface area (Å²) in [6.45, 7) is 4.33. The van der Waals surface area contributed by atoms with Gasteiger partial charge in [0.05, 0.1) is 18.6 Å². The van der Waals surface area contributed by atoms with Crippen molar-refractivity contribution >= 4 is 21.6 Å². The van der Waals surface area contributed by atoms with Gasteiger partial charge < -0.3 is 14.8 Å². The third kappa shape index (κ3) is 6.01. The number of rotatable bonds is 9. The fraction of sp³-hybridized carbons (Fsp3) is 0.208. The molecular formula is C24H26N2O5S. The number of benzene rings is 3. The molecule has 0 aromatic heterocycles. The van der Waals surface area contributed by atoms with E-state index in [-0.39, 0.29) is 22.9 Å². The van der Waals surface area contributed by atoms with Crippen LogP contribution in [0.5, 0.6) is 11.5 Å². The highest BCUT2D eigenvalue weighted by Gasteiger charge is 2.18. The monoisotopic (exact) mass is 454 g/mol. The van der Waals surface area contributed by atoms with Crippen LogP contribution < -0.4 is 19.5 Å². The number of sulfonamides is 1. The zero-order chi connectivity index (χ0) is 23.1. The van der Waals surface area contributed by atoms with Gasteiger partial charge in [-0.15, -0.1) is 0 Å². The molecule has 2 N–H and O–H groups in total. The van der Waals surface area contributed by atoms with Crippen LogP contribution in [0.15, 0.2) is 71.6 Å². The van der Waals surface area contributed by atoms with Crippen molar-refractivity contribution in [1.29, 1.82) is 0 Å². The molecule has 7 nitrogen and oxygen atoms in total. The lowest BCUT2D eigenvalue weighted by Crippen LogP contribution is -2.29. The molecule has 3 rings (SSSR count). The minimum atomic E-state index is -3.87. The first-order valence-corrected chi connectivity index (χ1v) is 11.5. The highest BCUT2D eigenvalue weighted by atomic mass is 32.2. The van der Waals surface area contributed by atoms with E-state index in [0.29, 0.717) is 23.6 Å². The zero-order valence-corrected chi connectivity index (χ0v) is 19.0. The summed E-state index contributed by atoms with van der Waals surface area (Å²) >= 11 is 0. The molecule has 0 heterocycles. The van der Waals surface area contributed by atoms with E-state index in [0.717, 1.165) is 11.3 Å². The Morgan fingerprint density at radius 2 is 1.56 bits per heavy atom. The van der Waals surface area contributed by atoms with Crippen molar-refractivity contribution in [3.63, 3.8) is 0 Å². The second-order valence-corrected chi connectivity index (χ2v) is 8.91. The van der Waals surface area contributed by atoms with Gasteiger partial charge in [-0.1, -0.05) is 23.8 Å². The fourth-order valence-corrected chi connectivity index (χ4v) is 4.03. The van der Waals surface area contributed by atoms with Gasteiger partial charge in [-0.25, -0.2) is 8.42 Å². The fourth-order valence-electron chi connectivity index (χ4n) is 2.95. The van der Waals surface area contributed by atoms with Crippen LogP contribution in [0.2, 0.25) is 0 Å². The molecule has 0 atom stereocenters. The Balaban J connectivity index is 1.64. The predicted molar refractivity (Wildman–Crippen MR) is 124 cm³/mol. The molecule has 0 aliphatic heterocycles. The number of methoxy groups -OCH3 is 1. The van der Waals surface area contributed by atoms with Crippen LogP contribution in [0.3, 0.4) is 0 Å². The van der Waals surface area contributed by atoms with Crippen LogP contribution in [0.1, 0.15) is 21.5 Å². The van der Waals surface area contributed by atoms with Crippen LogP contribution in [0.4, 0.5) is 5.69 Å². The van der Waals surface area contributed by atoms with Crippen LogP contribution in [0, 0.1) is 13.8 Å². The third-order valence-electron chi connectivity index (χ3n) is 4.78. The first-order chi connectivity index (χ1) is 15.3. The highest BCUT2D eigenvalue weighted by Crippen LogP contribution is 2.21. The Bertz CT molecular complexity index is 1170. The number of anilines is 1. The number of hydrogen-bond donors (Lipinski definition) is 2. The van der Waals surface area contributed by atoms with Crippen LogP contribution in [0.25, 0.3) is 0 Å². The predicted octanol–water partition coefficient (Wildman–Crippen LogP) is 3.92. The maximum absolute atomic E-state index is 12.8. The quantitative estimate of drug-likeness (QED) is 0.478. The van der Waals surface area contributed by atoms with Crippen LogP contribution >= 0.6 is 0 Å². The molecular weight excluding hydrogens is 428 g/mol. The van der Waals surface area contributed by atoms with Crippen molar-refractivity contribution in [2.45, 2.75) is 18.7 Å². The van der Waals surface area contributed by atoms with Crippen molar-refractivity contribution in [2.24, 2.45) is 0 Å². The summed E-state index contributed by atoms with van der Waals surface area (Å²) in [5.41, 5.74) is 2.49. The van der Waals surface area contributed by atoms with Crippen molar-refractivity contribution in [2.75, 3.05) is 25.0 Å². The molecule has 0 saturated carbocycles. The average molecular weight is 455 g/mol. The van der Waals surface area contributed by atoms with Crippen LogP contribution in [-0.4, -0.2) is 34.6 Å². The van der Waals surface area contributed by atoms with Gasteiger partial charge in [0, 0.05) is 11.3 Å². The van der Waals surface area contributed by atoms with Gasteiger partial charge in [-0.3, -0.25) is 9.52 Å². The lowest BCUT2D eigenvalue weighted by molar-refractivity contribution is 0.0946. The molecule has 0 unspecified atom stereocenters. The molecule has 0 radical (unpaired) electrons. The molecule has 0 bridgehead atoms. The molecule has 0 aliphatic carbocycles. The van der Waals surface area contributed by atoms with E-state index < -0.39 is 10.0 Å². The largest absolute Gasteiger partial charge is 0.497 e. The third-order valence-corrected chi connectivity index (χ3v) is 6.16. The smallest absolute Gasteiger partial charge is 0.261 e. The summed E-state index contributed by atoms with van der Waals surface area (Å²) in [6.07, 6.45) is 0. The van der Waals surface area contributed by atoms with E-state index >= 15 is 0 Å². The lowest BCUT2D eigenvalue weighted by Gasteiger charge is -2.12. The Labute approximate surface area is 188 Å². The number of hydrogen-bond acceptors (Lipinski definition) is 5. The number of nitrogens with one attached hydrogen (secondary N) is 2. The SMILES string of the molecule is COc1ccc(NS(=O)(=O)c2ccc(C)c(C(=O)NCCOc3ccc(C)cc3)c2)cc1.